The summed E-state index contributed by atoms with van der Waals surface area (Å²) >= 11 is 0. The highest BCUT2D eigenvalue weighted by atomic mass is 16.6. The van der Waals surface area contributed by atoms with Gasteiger partial charge >= 0.3 is 6.09 Å². The molecule has 4 heterocycles. The number of rotatable bonds is 4. The number of carbonyl (C=O) groups excluding carboxylic acids is 2. The molecule has 3 fully saturated rings. The fourth-order valence-electron chi connectivity index (χ4n) is 5.92. The number of carbonyl (C=O) groups is 2. The van der Waals surface area contributed by atoms with Crippen molar-refractivity contribution in [2.45, 2.75) is 77.1 Å². The van der Waals surface area contributed by atoms with Crippen LogP contribution < -0.4 is 4.90 Å². The van der Waals surface area contributed by atoms with Gasteiger partial charge in [-0.05, 0) is 77.6 Å². The van der Waals surface area contributed by atoms with Gasteiger partial charge in [0.25, 0.3) is 11.6 Å². The van der Waals surface area contributed by atoms with Crippen LogP contribution in [0.15, 0.2) is 12.1 Å². The predicted octanol–water partition coefficient (Wildman–Crippen LogP) is 3.62. The molecular weight excluding hydrogens is 462 g/mol. The van der Waals surface area contributed by atoms with E-state index in [-0.39, 0.29) is 28.7 Å². The van der Waals surface area contributed by atoms with Crippen molar-refractivity contribution in [2.75, 3.05) is 44.2 Å². The molecule has 0 bridgehead atoms. The Bertz CT molecular complexity index is 1030. The van der Waals surface area contributed by atoms with Crippen molar-refractivity contribution < 1.29 is 19.2 Å². The van der Waals surface area contributed by atoms with E-state index < -0.39 is 5.60 Å². The summed E-state index contributed by atoms with van der Waals surface area (Å²) in [6.45, 7) is 10.8. The molecule has 5 rings (SSSR count). The van der Waals surface area contributed by atoms with Crippen LogP contribution in [0.5, 0.6) is 0 Å². The number of ether oxygens (including phenoxy) is 1. The number of fused-ring (bicyclic) bond motifs is 1. The fraction of sp³-hybridized carbons (Fsp3) is 0.692. The third kappa shape index (κ3) is 4.87. The van der Waals surface area contributed by atoms with Gasteiger partial charge in [-0.3, -0.25) is 14.9 Å². The van der Waals surface area contributed by atoms with E-state index in [4.69, 9.17) is 4.74 Å². The molecule has 0 aliphatic carbocycles. The summed E-state index contributed by atoms with van der Waals surface area (Å²) in [4.78, 5) is 45.6. The maximum atomic E-state index is 13.4. The number of amides is 2. The Kier molecular flexibility index (Phi) is 6.57. The van der Waals surface area contributed by atoms with Crippen LogP contribution in [0, 0.1) is 10.1 Å². The zero-order valence-corrected chi connectivity index (χ0v) is 21.6. The van der Waals surface area contributed by atoms with Crippen molar-refractivity contribution >= 4 is 23.4 Å². The monoisotopic (exact) mass is 499 g/mol. The second-order valence-corrected chi connectivity index (χ2v) is 11.5. The lowest BCUT2D eigenvalue weighted by Gasteiger charge is -2.43. The zero-order valence-electron chi connectivity index (χ0n) is 21.6. The molecule has 1 aromatic rings. The molecule has 10 heteroatoms. The van der Waals surface area contributed by atoms with Crippen molar-refractivity contribution in [1.82, 2.24) is 14.7 Å². The number of benzene rings is 1. The number of nitro benzene ring substituents is 1. The summed E-state index contributed by atoms with van der Waals surface area (Å²) in [5.74, 6) is -0.0627. The predicted molar refractivity (Wildman–Crippen MR) is 135 cm³/mol. The van der Waals surface area contributed by atoms with Gasteiger partial charge in [-0.25, -0.2) is 4.79 Å². The zero-order chi connectivity index (χ0) is 25.6. The summed E-state index contributed by atoms with van der Waals surface area (Å²) in [6, 6.07) is 3.93. The Hall–Kier alpha value is -2.88. The Labute approximate surface area is 212 Å². The van der Waals surface area contributed by atoms with Crippen LogP contribution in [-0.4, -0.2) is 88.6 Å². The van der Waals surface area contributed by atoms with Gasteiger partial charge in [0.15, 0.2) is 0 Å². The summed E-state index contributed by atoms with van der Waals surface area (Å²) in [7, 11) is 0. The lowest BCUT2D eigenvalue weighted by molar-refractivity contribution is -0.384. The molecule has 1 aromatic carbocycles. The molecule has 2 amide bonds. The van der Waals surface area contributed by atoms with Gasteiger partial charge in [-0.1, -0.05) is 0 Å². The first-order valence-electron chi connectivity index (χ1n) is 13.2. The van der Waals surface area contributed by atoms with Gasteiger partial charge in [0.2, 0.25) is 0 Å². The molecule has 0 radical (unpaired) electrons. The molecule has 0 unspecified atom stereocenters. The molecule has 0 spiro atoms. The molecule has 0 N–H and O–H groups in total. The average molecular weight is 500 g/mol. The van der Waals surface area contributed by atoms with Crippen LogP contribution in [0.1, 0.15) is 68.8 Å². The van der Waals surface area contributed by atoms with Crippen molar-refractivity contribution in [3.63, 3.8) is 0 Å². The third-order valence-corrected chi connectivity index (χ3v) is 8.00. The minimum Gasteiger partial charge on any atom is -0.444 e. The van der Waals surface area contributed by atoms with Crippen molar-refractivity contribution in [3.05, 3.63) is 33.4 Å². The van der Waals surface area contributed by atoms with E-state index >= 15 is 0 Å². The smallest absolute Gasteiger partial charge is 0.410 e. The van der Waals surface area contributed by atoms with Gasteiger partial charge in [0.1, 0.15) is 11.3 Å². The van der Waals surface area contributed by atoms with E-state index in [0.29, 0.717) is 49.8 Å². The van der Waals surface area contributed by atoms with Gasteiger partial charge < -0.3 is 24.3 Å². The Morgan fingerprint density at radius 1 is 1.00 bits per heavy atom. The number of nitro groups is 1. The van der Waals surface area contributed by atoms with Crippen molar-refractivity contribution in [3.8, 4) is 0 Å². The first-order valence-corrected chi connectivity index (χ1v) is 13.2. The van der Waals surface area contributed by atoms with Gasteiger partial charge in [0.05, 0.1) is 4.92 Å². The van der Waals surface area contributed by atoms with E-state index in [2.05, 4.69) is 9.80 Å². The minimum atomic E-state index is -0.545. The molecule has 0 aromatic heterocycles. The van der Waals surface area contributed by atoms with Crippen LogP contribution in [0.25, 0.3) is 0 Å². The molecular formula is C26H37N5O5. The molecule has 10 nitrogen and oxygen atoms in total. The first-order chi connectivity index (χ1) is 17.1. The fourth-order valence-corrected chi connectivity index (χ4v) is 5.92. The Morgan fingerprint density at radius 2 is 1.64 bits per heavy atom. The second-order valence-electron chi connectivity index (χ2n) is 11.5. The van der Waals surface area contributed by atoms with Crippen LogP contribution in [0.4, 0.5) is 16.2 Å². The molecule has 4 aliphatic rings. The quantitative estimate of drug-likeness (QED) is 0.461. The summed E-state index contributed by atoms with van der Waals surface area (Å²) < 4.78 is 5.48. The van der Waals surface area contributed by atoms with Gasteiger partial charge in [-0.15, -0.1) is 0 Å². The van der Waals surface area contributed by atoms with Crippen LogP contribution in [0.2, 0.25) is 0 Å². The molecule has 196 valence electrons. The molecule has 3 saturated heterocycles. The lowest BCUT2D eigenvalue weighted by Crippen LogP contribution is -2.50. The molecule has 0 atom stereocenters. The summed E-state index contributed by atoms with van der Waals surface area (Å²) in [6.07, 6.45) is 4.25. The first kappa shape index (κ1) is 24.8. The number of nitrogens with zero attached hydrogens (tertiary/aromatic N) is 5. The SMILES string of the molecule is CC(C)(C)OC(=O)N1CCC(N2Cc3cc([N+](=O)[O-])c(N4CCC(N5CCC5)CC4)cc3C2=O)CC1. The number of piperidine rings is 2. The summed E-state index contributed by atoms with van der Waals surface area (Å²) in [5.41, 5.74) is 1.41. The van der Waals surface area contributed by atoms with Crippen LogP contribution in [-0.2, 0) is 11.3 Å². The van der Waals surface area contributed by atoms with E-state index in [1.54, 1.807) is 17.0 Å². The normalized spacial score (nSPS) is 22.0. The lowest BCUT2D eigenvalue weighted by atomic mass is 9.98. The van der Waals surface area contributed by atoms with Crippen LogP contribution >= 0.6 is 0 Å². The maximum absolute atomic E-state index is 13.4. The molecule has 36 heavy (non-hydrogen) atoms. The highest BCUT2D eigenvalue weighted by molar-refractivity contribution is 6.00. The summed E-state index contributed by atoms with van der Waals surface area (Å²) in [5, 5.41) is 12.0. The average Bonchev–Trinajstić information content (AvgIpc) is 3.12. The number of likely N-dealkylation sites (tertiary alicyclic amines) is 2. The van der Waals surface area contributed by atoms with E-state index in [0.717, 1.165) is 44.6 Å². The second kappa shape index (κ2) is 9.53. The number of anilines is 1. The van der Waals surface area contributed by atoms with E-state index in [1.807, 2.05) is 25.7 Å². The van der Waals surface area contributed by atoms with Crippen LogP contribution in [0.3, 0.4) is 0 Å². The third-order valence-electron chi connectivity index (χ3n) is 8.00. The van der Waals surface area contributed by atoms with Crippen molar-refractivity contribution in [1.29, 1.82) is 0 Å². The number of hydrogen-bond acceptors (Lipinski definition) is 7. The molecule has 4 aliphatic heterocycles. The maximum Gasteiger partial charge on any atom is 0.410 e. The minimum absolute atomic E-state index is 0.00151. The highest BCUT2D eigenvalue weighted by Gasteiger charge is 2.39. The number of hydrogen-bond donors (Lipinski definition) is 0. The standard InChI is InChI=1S/C26H37N5O5/c1-26(2,3)36-25(33)29-13-7-20(8-14-29)30-17-18-15-23(31(34)35)22(16-21(18)24(30)32)28-11-5-19(6-12-28)27-9-4-10-27/h15-16,19-20H,4-14,17H2,1-3H3. The van der Waals surface area contributed by atoms with E-state index in [1.165, 1.54) is 6.42 Å². The van der Waals surface area contributed by atoms with Gasteiger partial charge in [-0.2, -0.15) is 0 Å². The Morgan fingerprint density at radius 3 is 2.19 bits per heavy atom. The largest absolute Gasteiger partial charge is 0.444 e. The topological polar surface area (TPSA) is 99.5 Å². The Balaban J connectivity index is 1.27. The van der Waals surface area contributed by atoms with Crippen molar-refractivity contribution in [2.24, 2.45) is 0 Å². The van der Waals surface area contributed by atoms with E-state index in [9.17, 15) is 19.7 Å². The van der Waals surface area contributed by atoms with Gasteiger partial charge in [0, 0.05) is 56.4 Å². The molecule has 0 saturated carbocycles. The highest BCUT2D eigenvalue weighted by Crippen LogP contribution is 2.38.